The molecule has 1 saturated heterocycles. The van der Waals surface area contributed by atoms with E-state index in [4.69, 9.17) is 4.74 Å². The smallest absolute Gasteiger partial charge is 0.271 e. The van der Waals surface area contributed by atoms with E-state index >= 15 is 0 Å². The number of aromatic nitrogens is 3. The number of carbonyl (C=O) groups is 1. The van der Waals surface area contributed by atoms with Crippen molar-refractivity contribution in [1.29, 1.82) is 0 Å². The number of rotatable bonds is 6. The molecule has 3 aromatic rings. The van der Waals surface area contributed by atoms with Crippen LogP contribution in [-0.2, 0) is 4.74 Å². The summed E-state index contributed by atoms with van der Waals surface area (Å²) in [7, 11) is 0. The second-order valence-electron chi connectivity index (χ2n) is 7.06. The van der Waals surface area contributed by atoms with Crippen LogP contribution in [-0.4, -0.2) is 40.6 Å². The zero-order chi connectivity index (χ0) is 19.5. The van der Waals surface area contributed by atoms with Crippen molar-refractivity contribution in [3.05, 3.63) is 46.7 Å². The predicted octanol–water partition coefficient (Wildman–Crippen LogP) is 3.33. The van der Waals surface area contributed by atoms with Crippen LogP contribution in [0.2, 0.25) is 0 Å². The molecule has 4 rings (SSSR count). The van der Waals surface area contributed by atoms with Gasteiger partial charge in [0, 0.05) is 36.3 Å². The van der Waals surface area contributed by atoms with Gasteiger partial charge in [-0.2, -0.15) is 0 Å². The first kappa shape index (κ1) is 18.8. The summed E-state index contributed by atoms with van der Waals surface area (Å²) in [5.74, 6) is 0.642. The predicted molar refractivity (Wildman–Crippen MR) is 110 cm³/mol. The molecule has 2 N–H and O–H groups in total. The van der Waals surface area contributed by atoms with Gasteiger partial charge in [-0.05, 0) is 38.0 Å². The minimum Gasteiger partial charge on any atom is -0.381 e. The molecule has 7 nitrogen and oxygen atoms in total. The summed E-state index contributed by atoms with van der Waals surface area (Å²) in [5.41, 5.74) is 2.23. The number of hydrogen-bond donors (Lipinski definition) is 2. The number of carbonyl (C=O) groups excluding carboxylic acids is 1. The molecule has 0 radical (unpaired) electrons. The van der Waals surface area contributed by atoms with Crippen LogP contribution in [0.25, 0.3) is 10.2 Å². The molecule has 146 valence electrons. The summed E-state index contributed by atoms with van der Waals surface area (Å²) < 4.78 is 6.20. The van der Waals surface area contributed by atoms with Crippen LogP contribution in [0.3, 0.4) is 0 Å². The Morgan fingerprint density at radius 1 is 1.43 bits per heavy atom. The third kappa shape index (κ3) is 4.13. The molecule has 1 aliphatic heterocycles. The molecule has 4 heterocycles. The molecular formula is C20H23N5O2S. The molecule has 28 heavy (non-hydrogen) atoms. The number of pyridine rings is 1. The van der Waals surface area contributed by atoms with Gasteiger partial charge in [-0.1, -0.05) is 6.07 Å². The van der Waals surface area contributed by atoms with Gasteiger partial charge < -0.3 is 15.4 Å². The lowest BCUT2D eigenvalue weighted by atomic mass is 10.1. The lowest BCUT2D eigenvalue weighted by Crippen LogP contribution is -2.30. The summed E-state index contributed by atoms with van der Waals surface area (Å²) in [6.45, 7) is 6.10. The summed E-state index contributed by atoms with van der Waals surface area (Å²) in [4.78, 5) is 27.3. The normalized spacial score (nSPS) is 17.6. The monoisotopic (exact) mass is 397 g/mol. The highest BCUT2D eigenvalue weighted by Crippen LogP contribution is 2.28. The molecule has 8 heteroatoms. The van der Waals surface area contributed by atoms with Gasteiger partial charge in [-0.25, -0.2) is 9.97 Å². The molecule has 0 spiro atoms. The molecule has 2 atom stereocenters. The van der Waals surface area contributed by atoms with Crippen LogP contribution < -0.4 is 10.6 Å². The number of nitrogens with zero attached hydrogens (tertiary/aromatic N) is 3. The fourth-order valence-electron chi connectivity index (χ4n) is 3.24. The minimum atomic E-state index is -0.168. The van der Waals surface area contributed by atoms with Crippen LogP contribution in [0.4, 0.5) is 5.95 Å². The van der Waals surface area contributed by atoms with Crippen LogP contribution in [0, 0.1) is 12.8 Å². The minimum absolute atomic E-state index is 0.0302. The van der Waals surface area contributed by atoms with Crippen molar-refractivity contribution in [2.24, 2.45) is 5.92 Å². The maximum Gasteiger partial charge on any atom is 0.271 e. The number of aryl methyl sites for hydroxylation is 1. The highest BCUT2D eigenvalue weighted by atomic mass is 32.1. The average molecular weight is 398 g/mol. The van der Waals surface area contributed by atoms with E-state index in [9.17, 15) is 4.79 Å². The first-order valence-corrected chi connectivity index (χ1v) is 10.2. The Labute approximate surface area is 167 Å². The molecule has 0 bridgehead atoms. The van der Waals surface area contributed by atoms with Gasteiger partial charge in [0.05, 0.1) is 22.9 Å². The topological polar surface area (TPSA) is 89.0 Å². The molecule has 1 fully saturated rings. The first-order chi connectivity index (χ1) is 13.6. The molecular weight excluding hydrogens is 374 g/mol. The molecule has 1 amide bonds. The van der Waals surface area contributed by atoms with Crippen molar-refractivity contribution in [3.63, 3.8) is 0 Å². The summed E-state index contributed by atoms with van der Waals surface area (Å²) >= 11 is 1.54. The van der Waals surface area contributed by atoms with Gasteiger partial charge in [-0.3, -0.25) is 9.78 Å². The van der Waals surface area contributed by atoms with E-state index in [0.29, 0.717) is 30.7 Å². The third-order valence-electron chi connectivity index (χ3n) is 4.82. The molecule has 0 unspecified atom stereocenters. The van der Waals surface area contributed by atoms with Gasteiger partial charge in [0.15, 0.2) is 5.69 Å². The van der Waals surface area contributed by atoms with Crippen molar-refractivity contribution in [3.8, 4) is 0 Å². The standard InChI is InChI=1S/C20H23N5O2S/c1-12-8-16-18(28-12)17(19(26)22-9-14-5-7-27-11-14)25-20(24-16)23-13(2)15-4-3-6-21-10-15/h3-4,6,8,10,13-14H,5,7,9,11H2,1-2H3,(H,22,26)(H,23,24,25)/t13-,14-/m0/s1. The van der Waals surface area contributed by atoms with E-state index in [0.717, 1.165) is 33.7 Å². The maximum absolute atomic E-state index is 12.9. The van der Waals surface area contributed by atoms with E-state index in [1.54, 1.807) is 17.5 Å². The van der Waals surface area contributed by atoms with E-state index in [-0.39, 0.29) is 11.9 Å². The Hall–Kier alpha value is -2.58. The van der Waals surface area contributed by atoms with E-state index < -0.39 is 0 Å². The van der Waals surface area contributed by atoms with E-state index in [2.05, 4.69) is 25.6 Å². The van der Waals surface area contributed by atoms with Gasteiger partial charge in [0.25, 0.3) is 5.91 Å². The highest BCUT2D eigenvalue weighted by molar-refractivity contribution is 7.19. The van der Waals surface area contributed by atoms with E-state index in [1.807, 2.05) is 38.2 Å². The number of amides is 1. The SMILES string of the molecule is Cc1cc2nc(N[C@@H](C)c3cccnc3)nc(C(=O)NC[C@@H]3CCOC3)c2s1. The van der Waals surface area contributed by atoms with E-state index in [1.165, 1.54) is 0 Å². The lowest BCUT2D eigenvalue weighted by Gasteiger charge is -2.15. The number of fused-ring (bicyclic) bond motifs is 1. The van der Waals surface area contributed by atoms with Gasteiger partial charge in [0.2, 0.25) is 5.95 Å². The van der Waals surface area contributed by atoms with Crippen molar-refractivity contribution in [1.82, 2.24) is 20.3 Å². The Bertz CT molecular complexity index is 969. The number of anilines is 1. The summed E-state index contributed by atoms with van der Waals surface area (Å²) in [6, 6.07) is 5.85. The number of nitrogens with one attached hydrogen (secondary N) is 2. The van der Waals surface area contributed by atoms with Crippen molar-refractivity contribution in [2.45, 2.75) is 26.3 Å². The highest BCUT2D eigenvalue weighted by Gasteiger charge is 2.21. The Morgan fingerprint density at radius 2 is 2.32 bits per heavy atom. The Balaban J connectivity index is 1.58. The van der Waals surface area contributed by atoms with Crippen LogP contribution >= 0.6 is 11.3 Å². The quantitative estimate of drug-likeness (QED) is 0.663. The second-order valence-corrected chi connectivity index (χ2v) is 8.32. The number of hydrogen-bond acceptors (Lipinski definition) is 7. The van der Waals surface area contributed by atoms with Gasteiger partial charge in [-0.15, -0.1) is 11.3 Å². The third-order valence-corrected chi connectivity index (χ3v) is 5.86. The average Bonchev–Trinajstić information content (AvgIpc) is 3.34. The van der Waals surface area contributed by atoms with Gasteiger partial charge >= 0.3 is 0 Å². The largest absolute Gasteiger partial charge is 0.381 e. The molecule has 0 aliphatic carbocycles. The van der Waals surface area contributed by atoms with Crippen molar-refractivity contribution >= 4 is 33.4 Å². The Morgan fingerprint density at radius 3 is 3.07 bits per heavy atom. The Kier molecular flexibility index (Phi) is 5.50. The zero-order valence-corrected chi connectivity index (χ0v) is 16.8. The molecule has 1 aliphatic rings. The number of thiophene rings is 1. The fourth-order valence-corrected chi connectivity index (χ4v) is 4.18. The summed E-state index contributed by atoms with van der Waals surface area (Å²) in [6.07, 6.45) is 4.53. The lowest BCUT2D eigenvalue weighted by molar-refractivity contribution is 0.0942. The van der Waals surface area contributed by atoms with Crippen LogP contribution in [0.15, 0.2) is 30.6 Å². The number of ether oxygens (including phenoxy) is 1. The summed E-state index contributed by atoms with van der Waals surface area (Å²) in [5, 5.41) is 6.31. The molecule has 3 aromatic heterocycles. The van der Waals surface area contributed by atoms with Crippen LogP contribution in [0.5, 0.6) is 0 Å². The maximum atomic E-state index is 12.9. The zero-order valence-electron chi connectivity index (χ0n) is 15.9. The van der Waals surface area contributed by atoms with Crippen molar-refractivity contribution in [2.75, 3.05) is 25.1 Å². The van der Waals surface area contributed by atoms with Crippen LogP contribution in [0.1, 0.15) is 40.3 Å². The van der Waals surface area contributed by atoms with Gasteiger partial charge in [0.1, 0.15) is 0 Å². The molecule has 0 aromatic carbocycles. The second kappa shape index (κ2) is 8.20. The molecule has 0 saturated carbocycles. The fraction of sp³-hybridized carbons (Fsp3) is 0.400. The van der Waals surface area contributed by atoms with Crippen molar-refractivity contribution < 1.29 is 9.53 Å². The first-order valence-electron chi connectivity index (χ1n) is 9.40.